The van der Waals surface area contributed by atoms with Gasteiger partial charge in [0.15, 0.2) is 0 Å². The monoisotopic (exact) mass is 446 g/mol. The first-order chi connectivity index (χ1) is 15.5. The zero-order chi connectivity index (χ0) is 22.7. The minimum Gasteiger partial charge on any atom is -0.325 e. The third-order valence-corrected chi connectivity index (χ3v) is 6.31. The van der Waals surface area contributed by atoms with Crippen molar-refractivity contribution in [1.29, 1.82) is 0 Å². The molecular formula is C24H22N4O3S. The van der Waals surface area contributed by atoms with E-state index in [0.717, 1.165) is 17.8 Å². The van der Waals surface area contributed by atoms with E-state index >= 15 is 0 Å². The number of benzene rings is 2. The predicted octanol–water partition coefficient (Wildman–Crippen LogP) is 4.22. The van der Waals surface area contributed by atoms with Crippen molar-refractivity contribution in [2.24, 2.45) is 0 Å². The van der Waals surface area contributed by atoms with Gasteiger partial charge in [0, 0.05) is 11.4 Å². The lowest BCUT2D eigenvalue weighted by Crippen LogP contribution is -2.28. The summed E-state index contributed by atoms with van der Waals surface area (Å²) >= 11 is 1.16. The third-order valence-electron chi connectivity index (χ3n) is 5.12. The summed E-state index contributed by atoms with van der Waals surface area (Å²) in [6.07, 6.45) is 2.26. The van der Waals surface area contributed by atoms with Gasteiger partial charge >= 0.3 is 0 Å². The summed E-state index contributed by atoms with van der Waals surface area (Å²) in [6.45, 7) is 3.62. The molecule has 0 aliphatic carbocycles. The van der Waals surface area contributed by atoms with Crippen molar-refractivity contribution in [2.75, 3.05) is 10.6 Å². The summed E-state index contributed by atoms with van der Waals surface area (Å²) < 4.78 is 1.26. The Kier molecular flexibility index (Phi) is 6.13. The van der Waals surface area contributed by atoms with Gasteiger partial charge in [-0.1, -0.05) is 37.3 Å². The van der Waals surface area contributed by atoms with Crippen LogP contribution in [0.5, 0.6) is 0 Å². The number of nitrogens with one attached hydrogen (secondary N) is 2. The minimum atomic E-state index is -0.348. The van der Waals surface area contributed by atoms with Crippen LogP contribution in [0.2, 0.25) is 0 Å². The molecular weight excluding hydrogens is 424 g/mol. The number of rotatable bonds is 6. The van der Waals surface area contributed by atoms with E-state index in [1.165, 1.54) is 16.5 Å². The number of anilines is 2. The van der Waals surface area contributed by atoms with E-state index in [2.05, 4.69) is 22.5 Å². The van der Waals surface area contributed by atoms with Crippen LogP contribution in [-0.4, -0.2) is 21.4 Å². The number of carbonyl (C=O) groups is 2. The van der Waals surface area contributed by atoms with E-state index < -0.39 is 0 Å². The Morgan fingerprint density at radius 1 is 1.00 bits per heavy atom. The van der Waals surface area contributed by atoms with E-state index in [4.69, 9.17) is 0 Å². The smallest absolute Gasteiger partial charge is 0.266 e. The molecule has 32 heavy (non-hydrogen) atoms. The number of thiophene rings is 1. The highest BCUT2D eigenvalue weighted by atomic mass is 32.1. The topological polar surface area (TPSA) is 93.1 Å². The van der Waals surface area contributed by atoms with Crippen LogP contribution in [0.1, 0.15) is 27.7 Å². The Labute approximate surface area is 188 Å². The first kappa shape index (κ1) is 21.5. The largest absolute Gasteiger partial charge is 0.325 e. The summed E-state index contributed by atoms with van der Waals surface area (Å²) in [5, 5.41) is 5.98. The van der Waals surface area contributed by atoms with E-state index in [1.807, 2.05) is 42.5 Å². The molecule has 0 atom stereocenters. The molecule has 0 saturated carbocycles. The van der Waals surface area contributed by atoms with E-state index in [-0.39, 0.29) is 23.9 Å². The maximum absolute atomic E-state index is 13.0. The predicted molar refractivity (Wildman–Crippen MR) is 127 cm³/mol. The second-order valence-corrected chi connectivity index (χ2v) is 8.33. The molecule has 2 amide bonds. The first-order valence-electron chi connectivity index (χ1n) is 10.2. The summed E-state index contributed by atoms with van der Waals surface area (Å²) in [5.41, 5.74) is 2.72. The average molecular weight is 447 g/mol. The maximum atomic E-state index is 13.0. The molecule has 2 aromatic heterocycles. The second-order valence-electron chi connectivity index (χ2n) is 7.33. The van der Waals surface area contributed by atoms with Gasteiger partial charge in [0.25, 0.3) is 11.5 Å². The van der Waals surface area contributed by atoms with Crippen LogP contribution >= 0.6 is 11.3 Å². The summed E-state index contributed by atoms with van der Waals surface area (Å²) in [7, 11) is 0. The zero-order valence-corrected chi connectivity index (χ0v) is 18.5. The molecule has 0 radical (unpaired) electrons. The molecule has 7 nitrogen and oxygen atoms in total. The molecule has 0 spiro atoms. The van der Waals surface area contributed by atoms with Crippen molar-refractivity contribution >= 4 is 44.7 Å². The van der Waals surface area contributed by atoms with Gasteiger partial charge in [0.2, 0.25) is 5.91 Å². The van der Waals surface area contributed by atoms with Crippen molar-refractivity contribution < 1.29 is 9.59 Å². The Hall–Kier alpha value is -3.78. The molecule has 4 aromatic rings. The third kappa shape index (κ3) is 4.45. The molecule has 0 saturated heterocycles. The first-order valence-corrected chi connectivity index (χ1v) is 11.0. The van der Waals surface area contributed by atoms with Crippen LogP contribution < -0.4 is 16.2 Å². The van der Waals surface area contributed by atoms with Crippen LogP contribution in [0.3, 0.4) is 0 Å². The van der Waals surface area contributed by atoms with E-state index in [9.17, 15) is 14.4 Å². The van der Waals surface area contributed by atoms with E-state index in [1.54, 1.807) is 19.1 Å². The average Bonchev–Trinajstić information content (AvgIpc) is 3.14. The number of aryl methyl sites for hydroxylation is 2. The molecule has 8 heteroatoms. The number of fused-ring (bicyclic) bond motifs is 1. The fourth-order valence-corrected chi connectivity index (χ4v) is 4.41. The normalized spacial score (nSPS) is 10.8. The zero-order valence-electron chi connectivity index (χ0n) is 17.7. The van der Waals surface area contributed by atoms with Gasteiger partial charge < -0.3 is 10.6 Å². The van der Waals surface area contributed by atoms with Crippen molar-refractivity contribution in [1.82, 2.24) is 9.55 Å². The highest BCUT2D eigenvalue weighted by Crippen LogP contribution is 2.27. The standard InChI is InChI=1S/C24H22N4O3S/c1-3-16-9-11-18(12-10-16)26-19(29)13-28-14-25-23-20(24(28)31)15(2)21(32-23)22(30)27-17-7-5-4-6-8-17/h4-12,14H,3,13H2,1-2H3,(H,26,29)(H,27,30). The number of hydrogen-bond donors (Lipinski definition) is 2. The number of aromatic nitrogens is 2. The Bertz CT molecular complexity index is 1340. The lowest BCUT2D eigenvalue weighted by Gasteiger charge is -2.08. The summed E-state index contributed by atoms with van der Waals surface area (Å²) in [4.78, 5) is 43.4. The quantitative estimate of drug-likeness (QED) is 0.464. The van der Waals surface area contributed by atoms with Crippen LogP contribution in [0, 0.1) is 6.92 Å². The SMILES string of the molecule is CCc1ccc(NC(=O)Cn2cnc3sc(C(=O)Nc4ccccc4)c(C)c3c2=O)cc1. The number of para-hydroxylation sites is 1. The molecule has 162 valence electrons. The van der Waals surface area contributed by atoms with Gasteiger partial charge in [0.1, 0.15) is 11.4 Å². The van der Waals surface area contributed by atoms with E-state index in [0.29, 0.717) is 32.0 Å². The lowest BCUT2D eigenvalue weighted by molar-refractivity contribution is -0.116. The van der Waals surface area contributed by atoms with Gasteiger partial charge in [-0.15, -0.1) is 11.3 Å². The summed E-state index contributed by atoms with van der Waals surface area (Å²) in [5.74, 6) is -0.622. The fourth-order valence-electron chi connectivity index (χ4n) is 3.38. The second kappa shape index (κ2) is 9.15. The molecule has 0 fully saturated rings. The highest BCUT2D eigenvalue weighted by Gasteiger charge is 2.20. The molecule has 2 aromatic carbocycles. The lowest BCUT2D eigenvalue weighted by atomic mass is 10.1. The number of carbonyl (C=O) groups excluding carboxylic acids is 2. The van der Waals surface area contributed by atoms with Crippen molar-refractivity contribution in [3.8, 4) is 0 Å². The maximum Gasteiger partial charge on any atom is 0.266 e. The molecule has 2 N–H and O–H groups in total. The van der Waals surface area contributed by atoms with Crippen molar-refractivity contribution in [3.05, 3.63) is 87.3 Å². The number of amides is 2. The summed E-state index contributed by atoms with van der Waals surface area (Å²) in [6, 6.07) is 16.7. The van der Waals surface area contributed by atoms with Crippen molar-refractivity contribution in [2.45, 2.75) is 26.8 Å². The van der Waals surface area contributed by atoms with Gasteiger partial charge in [0.05, 0.1) is 16.6 Å². The van der Waals surface area contributed by atoms with Crippen LogP contribution in [-0.2, 0) is 17.8 Å². The number of nitrogens with zero attached hydrogens (tertiary/aromatic N) is 2. The molecule has 0 unspecified atom stereocenters. The highest BCUT2D eigenvalue weighted by molar-refractivity contribution is 7.20. The van der Waals surface area contributed by atoms with Gasteiger partial charge in [-0.25, -0.2) is 4.98 Å². The number of hydrogen-bond acceptors (Lipinski definition) is 5. The fraction of sp³-hybridized carbons (Fsp3) is 0.167. The van der Waals surface area contributed by atoms with Gasteiger partial charge in [-0.3, -0.25) is 19.0 Å². The van der Waals surface area contributed by atoms with Crippen LogP contribution in [0.4, 0.5) is 11.4 Å². The molecule has 4 rings (SSSR count). The minimum absolute atomic E-state index is 0.169. The van der Waals surface area contributed by atoms with Gasteiger partial charge in [-0.2, -0.15) is 0 Å². The Balaban J connectivity index is 1.55. The Morgan fingerprint density at radius 2 is 1.69 bits per heavy atom. The van der Waals surface area contributed by atoms with Crippen LogP contribution in [0.15, 0.2) is 65.7 Å². The van der Waals surface area contributed by atoms with Crippen molar-refractivity contribution in [3.63, 3.8) is 0 Å². The molecule has 0 bridgehead atoms. The van der Waals surface area contributed by atoms with Crippen LogP contribution in [0.25, 0.3) is 10.2 Å². The molecule has 0 aliphatic heterocycles. The van der Waals surface area contributed by atoms with Gasteiger partial charge in [-0.05, 0) is 48.7 Å². The molecule has 0 aliphatic rings. The Morgan fingerprint density at radius 3 is 2.38 bits per heavy atom. The molecule has 2 heterocycles.